The number of benzene rings is 2. The van der Waals surface area contributed by atoms with Gasteiger partial charge >= 0.3 is 0 Å². The smallest absolute Gasteiger partial charge is 0.246 e. The number of amides is 2. The first-order valence-electron chi connectivity index (χ1n) is 9.36. The summed E-state index contributed by atoms with van der Waals surface area (Å²) in [6.07, 6.45) is 1.01. The van der Waals surface area contributed by atoms with E-state index in [9.17, 15) is 9.59 Å². The molecular weight excluding hydrogens is 338 g/mol. The normalized spacial score (nSPS) is 12.8. The summed E-state index contributed by atoms with van der Waals surface area (Å²) in [5, 5.41) is 9.05. The average Bonchev–Trinajstić information content (AvgIpc) is 2.63. The fourth-order valence-corrected chi connectivity index (χ4v) is 2.90. The summed E-state index contributed by atoms with van der Waals surface area (Å²) < 4.78 is 0. The molecule has 0 saturated heterocycles. The van der Waals surface area contributed by atoms with Gasteiger partial charge in [0.25, 0.3) is 0 Å². The summed E-state index contributed by atoms with van der Waals surface area (Å²) in [6, 6.07) is 13.1. The summed E-state index contributed by atoms with van der Waals surface area (Å²) in [7, 11) is 0. The van der Waals surface area contributed by atoms with Crippen LogP contribution >= 0.6 is 0 Å². The van der Waals surface area contributed by atoms with Gasteiger partial charge in [-0.15, -0.1) is 0 Å². The lowest BCUT2D eigenvalue weighted by molar-refractivity contribution is -0.116. The number of carbonyl (C=O) groups is 2. The second-order valence-electron chi connectivity index (χ2n) is 6.96. The topological polar surface area (TPSA) is 70.2 Å². The summed E-state index contributed by atoms with van der Waals surface area (Å²) >= 11 is 0. The number of para-hydroxylation sites is 1. The predicted octanol–water partition coefficient (Wildman–Crippen LogP) is 4.91. The van der Waals surface area contributed by atoms with E-state index in [1.54, 1.807) is 0 Å². The van der Waals surface area contributed by atoms with Crippen LogP contribution in [0.1, 0.15) is 51.2 Å². The Morgan fingerprint density at radius 3 is 2.33 bits per heavy atom. The zero-order valence-corrected chi connectivity index (χ0v) is 16.7. The van der Waals surface area contributed by atoms with Crippen molar-refractivity contribution in [2.45, 2.75) is 53.0 Å². The van der Waals surface area contributed by atoms with E-state index in [4.69, 9.17) is 0 Å². The van der Waals surface area contributed by atoms with Crippen molar-refractivity contribution in [3.05, 3.63) is 53.6 Å². The average molecular weight is 367 g/mol. The van der Waals surface area contributed by atoms with Gasteiger partial charge in [0.05, 0.1) is 0 Å². The number of hydrogen-bond acceptors (Lipinski definition) is 3. The van der Waals surface area contributed by atoms with Crippen molar-refractivity contribution in [1.82, 2.24) is 0 Å². The number of carbonyl (C=O) groups excluding carboxylic acids is 2. The lowest BCUT2D eigenvalue weighted by Crippen LogP contribution is -2.32. The van der Waals surface area contributed by atoms with Gasteiger partial charge in [0.2, 0.25) is 11.8 Å². The maximum absolute atomic E-state index is 12.6. The largest absolute Gasteiger partial charge is 0.374 e. The van der Waals surface area contributed by atoms with Crippen LogP contribution in [0, 0.1) is 6.92 Å². The van der Waals surface area contributed by atoms with Gasteiger partial charge in [0, 0.05) is 24.0 Å². The maximum Gasteiger partial charge on any atom is 0.246 e. The van der Waals surface area contributed by atoms with Crippen LogP contribution in [0.25, 0.3) is 0 Å². The van der Waals surface area contributed by atoms with Crippen LogP contribution in [0.2, 0.25) is 0 Å². The molecule has 0 unspecified atom stereocenters. The minimum absolute atomic E-state index is 0.0886. The van der Waals surface area contributed by atoms with E-state index >= 15 is 0 Å². The molecule has 144 valence electrons. The van der Waals surface area contributed by atoms with Gasteiger partial charge in [-0.3, -0.25) is 9.59 Å². The molecule has 0 fully saturated rings. The van der Waals surface area contributed by atoms with Crippen molar-refractivity contribution in [3.63, 3.8) is 0 Å². The number of nitrogens with one attached hydrogen (secondary N) is 3. The fraction of sp³-hybridized carbons (Fsp3) is 0.364. The molecule has 2 rings (SSSR count). The van der Waals surface area contributed by atoms with Gasteiger partial charge < -0.3 is 16.0 Å². The van der Waals surface area contributed by atoms with E-state index in [0.29, 0.717) is 5.92 Å². The molecule has 2 aromatic carbocycles. The number of anilines is 3. The Labute approximate surface area is 161 Å². The molecule has 0 saturated carbocycles. The van der Waals surface area contributed by atoms with Crippen molar-refractivity contribution in [2.24, 2.45) is 0 Å². The highest BCUT2D eigenvalue weighted by Gasteiger charge is 2.16. The van der Waals surface area contributed by atoms with Crippen LogP contribution in [-0.2, 0) is 9.59 Å². The lowest BCUT2D eigenvalue weighted by Gasteiger charge is -2.19. The highest BCUT2D eigenvalue weighted by Crippen LogP contribution is 2.27. The van der Waals surface area contributed by atoms with Crippen LogP contribution in [-0.4, -0.2) is 17.9 Å². The Kier molecular flexibility index (Phi) is 6.99. The fourth-order valence-electron chi connectivity index (χ4n) is 2.90. The monoisotopic (exact) mass is 367 g/mol. The molecule has 0 aliphatic rings. The van der Waals surface area contributed by atoms with Crippen LogP contribution < -0.4 is 16.0 Å². The maximum atomic E-state index is 12.6. The van der Waals surface area contributed by atoms with Crippen LogP contribution in [0.4, 0.5) is 17.1 Å². The van der Waals surface area contributed by atoms with Gasteiger partial charge in [0.1, 0.15) is 6.04 Å². The molecule has 0 aromatic heterocycles. The van der Waals surface area contributed by atoms with Gasteiger partial charge in [-0.2, -0.15) is 0 Å². The molecule has 0 aliphatic carbocycles. The van der Waals surface area contributed by atoms with Crippen molar-refractivity contribution < 1.29 is 9.59 Å². The highest BCUT2D eigenvalue weighted by molar-refractivity contribution is 5.97. The van der Waals surface area contributed by atoms with Crippen LogP contribution in [0.15, 0.2) is 42.5 Å². The SMILES string of the molecule is CC[C@H](C)c1ccccc1NC(=O)[C@H](C)Nc1ccc(NC(C)=O)c(C)c1. The van der Waals surface area contributed by atoms with E-state index in [1.165, 1.54) is 6.92 Å². The molecule has 27 heavy (non-hydrogen) atoms. The lowest BCUT2D eigenvalue weighted by atomic mass is 9.97. The molecule has 0 bridgehead atoms. The summed E-state index contributed by atoms with van der Waals surface area (Å²) in [5.41, 5.74) is 4.55. The third kappa shape index (κ3) is 5.58. The molecule has 5 nitrogen and oxygen atoms in total. The van der Waals surface area contributed by atoms with Gasteiger partial charge in [0.15, 0.2) is 0 Å². The van der Waals surface area contributed by atoms with Crippen molar-refractivity contribution in [2.75, 3.05) is 16.0 Å². The van der Waals surface area contributed by atoms with Crippen LogP contribution in [0.5, 0.6) is 0 Å². The van der Waals surface area contributed by atoms with Crippen molar-refractivity contribution in [3.8, 4) is 0 Å². The van der Waals surface area contributed by atoms with Gasteiger partial charge in [-0.25, -0.2) is 0 Å². The zero-order valence-electron chi connectivity index (χ0n) is 16.7. The second-order valence-corrected chi connectivity index (χ2v) is 6.96. The van der Waals surface area contributed by atoms with E-state index in [0.717, 1.165) is 34.6 Å². The molecule has 5 heteroatoms. The Morgan fingerprint density at radius 1 is 1.00 bits per heavy atom. The minimum atomic E-state index is -0.402. The molecule has 2 atom stereocenters. The molecular formula is C22H29N3O2. The van der Waals surface area contributed by atoms with E-state index in [-0.39, 0.29) is 11.8 Å². The number of rotatable bonds is 7. The summed E-state index contributed by atoms with van der Waals surface area (Å²) in [5.74, 6) is 0.189. The van der Waals surface area contributed by atoms with E-state index in [1.807, 2.05) is 50.2 Å². The van der Waals surface area contributed by atoms with E-state index < -0.39 is 6.04 Å². The minimum Gasteiger partial charge on any atom is -0.374 e. The third-order valence-electron chi connectivity index (χ3n) is 4.68. The first-order valence-corrected chi connectivity index (χ1v) is 9.36. The first-order chi connectivity index (χ1) is 12.8. The number of hydrogen-bond donors (Lipinski definition) is 3. The standard InChI is InChI=1S/C22H29N3O2/c1-6-14(2)19-9-7-8-10-21(19)25-22(27)16(4)23-18-11-12-20(15(3)13-18)24-17(5)26/h7-14,16,23H,6H2,1-5H3,(H,24,26)(H,25,27)/t14-,16-/m0/s1. The third-order valence-corrected chi connectivity index (χ3v) is 4.68. The summed E-state index contributed by atoms with van der Waals surface area (Å²) in [4.78, 5) is 23.9. The Balaban J connectivity index is 2.06. The molecule has 0 spiro atoms. The van der Waals surface area contributed by atoms with Crippen LogP contribution in [0.3, 0.4) is 0 Å². The molecule has 0 radical (unpaired) electrons. The Hall–Kier alpha value is -2.82. The van der Waals surface area contributed by atoms with Gasteiger partial charge in [-0.1, -0.05) is 32.0 Å². The molecule has 3 N–H and O–H groups in total. The molecule has 0 aliphatic heterocycles. The van der Waals surface area contributed by atoms with Gasteiger partial charge in [-0.05, 0) is 61.6 Å². The molecule has 0 heterocycles. The Morgan fingerprint density at radius 2 is 1.70 bits per heavy atom. The quantitative estimate of drug-likeness (QED) is 0.651. The number of aryl methyl sites for hydroxylation is 1. The van der Waals surface area contributed by atoms with Crippen molar-refractivity contribution >= 4 is 28.9 Å². The summed E-state index contributed by atoms with van der Waals surface area (Å²) in [6.45, 7) is 9.53. The Bertz CT molecular complexity index is 817. The second kappa shape index (κ2) is 9.21. The predicted molar refractivity (Wildman–Crippen MR) is 112 cm³/mol. The molecule has 2 amide bonds. The zero-order chi connectivity index (χ0) is 20.0. The molecule has 2 aromatic rings. The first kappa shape index (κ1) is 20.5. The van der Waals surface area contributed by atoms with E-state index in [2.05, 4.69) is 35.9 Å². The highest BCUT2D eigenvalue weighted by atomic mass is 16.2. The van der Waals surface area contributed by atoms with Crippen molar-refractivity contribution in [1.29, 1.82) is 0 Å².